The van der Waals surface area contributed by atoms with Crippen LogP contribution in [-0.4, -0.2) is 30.0 Å². The second kappa shape index (κ2) is 7.76. The predicted molar refractivity (Wildman–Crippen MR) is 77.3 cm³/mol. The van der Waals surface area contributed by atoms with E-state index < -0.39 is 11.8 Å². The topological polar surface area (TPSA) is 65.5 Å². The van der Waals surface area contributed by atoms with Crippen LogP contribution < -0.4 is 4.74 Å². The number of hydrogen-bond acceptors (Lipinski definition) is 5. The van der Waals surface area contributed by atoms with Crippen molar-refractivity contribution < 1.29 is 19.1 Å². The molecule has 0 aromatic carbocycles. The maximum absolute atomic E-state index is 11.7. The van der Waals surface area contributed by atoms with Crippen molar-refractivity contribution in [2.75, 3.05) is 13.2 Å². The third-order valence-corrected chi connectivity index (χ3v) is 3.65. The van der Waals surface area contributed by atoms with Gasteiger partial charge in [-0.05, 0) is 31.7 Å². The second-order valence-electron chi connectivity index (χ2n) is 5.25. The number of carbonyl (C=O) groups is 2. The average molecular weight is 291 g/mol. The number of rotatable bonds is 6. The van der Waals surface area contributed by atoms with Crippen LogP contribution in [0.25, 0.3) is 0 Å². The number of esters is 1. The van der Waals surface area contributed by atoms with Crippen LogP contribution in [0.15, 0.2) is 18.3 Å². The Morgan fingerprint density at radius 3 is 2.62 bits per heavy atom. The van der Waals surface area contributed by atoms with Crippen LogP contribution in [0, 0.1) is 5.92 Å². The molecule has 0 atom stereocenters. The molecule has 0 bridgehead atoms. The molecule has 114 valence electrons. The van der Waals surface area contributed by atoms with Gasteiger partial charge in [0.2, 0.25) is 5.88 Å². The van der Waals surface area contributed by atoms with Gasteiger partial charge in [-0.25, -0.2) is 9.78 Å². The standard InChI is InChI=1S/C16H21NO4/c1-2-20-16(19)15(18)13-8-9-14(17-10-13)21-11-12-6-4-3-5-7-12/h8-10,12H,2-7,11H2,1H3. The van der Waals surface area contributed by atoms with Gasteiger partial charge in [0, 0.05) is 17.8 Å². The van der Waals surface area contributed by atoms with Crippen LogP contribution in [0.4, 0.5) is 0 Å². The van der Waals surface area contributed by atoms with Crippen molar-refractivity contribution >= 4 is 11.8 Å². The molecule has 1 heterocycles. The van der Waals surface area contributed by atoms with Crippen molar-refractivity contribution in [3.8, 4) is 5.88 Å². The summed E-state index contributed by atoms with van der Waals surface area (Å²) in [5.41, 5.74) is 0.221. The van der Waals surface area contributed by atoms with Gasteiger partial charge in [-0.3, -0.25) is 4.79 Å². The zero-order valence-electron chi connectivity index (χ0n) is 12.3. The van der Waals surface area contributed by atoms with E-state index in [9.17, 15) is 9.59 Å². The molecule has 0 aliphatic heterocycles. The molecule has 1 aromatic rings. The maximum Gasteiger partial charge on any atom is 0.379 e. The molecule has 0 radical (unpaired) electrons. The molecular weight excluding hydrogens is 270 g/mol. The van der Waals surface area contributed by atoms with E-state index in [-0.39, 0.29) is 12.2 Å². The molecule has 0 spiro atoms. The lowest BCUT2D eigenvalue weighted by atomic mass is 9.90. The lowest BCUT2D eigenvalue weighted by molar-refractivity contribution is -0.137. The molecule has 1 saturated carbocycles. The van der Waals surface area contributed by atoms with Gasteiger partial charge in [0.15, 0.2) is 0 Å². The van der Waals surface area contributed by atoms with Crippen molar-refractivity contribution in [3.63, 3.8) is 0 Å². The summed E-state index contributed by atoms with van der Waals surface area (Å²) in [6.45, 7) is 2.50. The van der Waals surface area contributed by atoms with E-state index in [4.69, 9.17) is 4.74 Å². The zero-order chi connectivity index (χ0) is 15.1. The number of ether oxygens (including phenoxy) is 2. The zero-order valence-corrected chi connectivity index (χ0v) is 12.3. The summed E-state index contributed by atoms with van der Waals surface area (Å²) in [4.78, 5) is 27.1. The number of hydrogen-bond donors (Lipinski definition) is 0. The molecule has 0 unspecified atom stereocenters. The first kappa shape index (κ1) is 15.5. The Labute approximate surface area is 124 Å². The normalized spacial score (nSPS) is 15.5. The fourth-order valence-electron chi connectivity index (χ4n) is 2.47. The average Bonchev–Trinajstić information content (AvgIpc) is 2.54. The first-order valence-electron chi connectivity index (χ1n) is 7.51. The van der Waals surface area contributed by atoms with Gasteiger partial charge in [-0.1, -0.05) is 19.3 Å². The second-order valence-corrected chi connectivity index (χ2v) is 5.25. The van der Waals surface area contributed by atoms with Crippen LogP contribution in [0.2, 0.25) is 0 Å². The molecule has 0 saturated heterocycles. The Balaban J connectivity index is 1.86. The van der Waals surface area contributed by atoms with Crippen LogP contribution in [0.3, 0.4) is 0 Å². The van der Waals surface area contributed by atoms with Gasteiger partial charge in [0.05, 0.1) is 13.2 Å². The van der Waals surface area contributed by atoms with Crippen molar-refractivity contribution in [3.05, 3.63) is 23.9 Å². The highest BCUT2D eigenvalue weighted by Gasteiger charge is 2.18. The van der Waals surface area contributed by atoms with E-state index in [2.05, 4.69) is 9.72 Å². The molecule has 5 heteroatoms. The summed E-state index contributed by atoms with van der Waals surface area (Å²) < 4.78 is 10.3. The molecule has 21 heavy (non-hydrogen) atoms. The molecule has 0 amide bonds. The van der Waals surface area contributed by atoms with Gasteiger partial charge in [-0.2, -0.15) is 0 Å². The SMILES string of the molecule is CCOC(=O)C(=O)c1ccc(OCC2CCCCC2)nc1. The molecule has 2 rings (SSSR count). The van der Waals surface area contributed by atoms with Gasteiger partial charge in [0.1, 0.15) is 0 Å². The van der Waals surface area contributed by atoms with Gasteiger partial charge in [-0.15, -0.1) is 0 Å². The molecule has 5 nitrogen and oxygen atoms in total. The first-order valence-corrected chi connectivity index (χ1v) is 7.51. The van der Waals surface area contributed by atoms with Gasteiger partial charge in [0.25, 0.3) is 5.78 Å². The number of ketones is 1. The van der Waals surface area contributed by atoms with Crippen molar-refractivity contribution in [2.45, 2.75) is 39.0 Å². The smallest absolute Gasteiger partial charge is 0.379 e. The Morgan fingerprint density at radius 1 is 1.24 bits per heavy atom. The Morgan fingerprint density at radius 2 is 2.00 bits per heavy atom. The Hall–Kier alpha value is -1.91. The summed E-state index contributed by atoms with van der Waals surface area (Å²) >= 11 is 0. The van der Waals surface area contributed by atoms with E-state index in [1.54, 1.807) is 19.1 Å². The van der Waals surface area contributed by atoms with E-state index in [0.717, 1.165) is 0 Å². The summed E-state index contributed by atoms with van der Waals surface area (Å²) in [6, 6.07) is 3.16. The number of carbonyl (C=O) groups excluding carboxylic acids is 2. The largest absolute Gasteiger partial charge is 0.477 e. The fraction of sp³-hybridized carbons (Fsp3) is 0.562. The van der Waals surface area contributed by atoms with E-state index in [1.807, 2.05) is 0 Å². The minimum absolute atomic E-state index is 0.181. The van der Waals surface area contributed by atoms with Crippen LogP contribution in [-0.2, 0) is 9.53 Å². The van der Waals surface area contributed by atoms with E-state index in [0.29, 0.717) is 18.4 Å². The van der Waals surface area contributed by atoms with Gasteiger partial charge < -0.3 is 9.47 Å². The van der Waals surface area contributed by atoms with E-state index >= 15 is 0 Å². The van der Waals surface area contributed by atoms with Crippen LogP contribution in [0.5, 0.6) is 5.88 Å². The maximum atomic E-state index is 11.7. The minimum atomic E-state index is -0.852. The number of nitrogens with zero attached hydrogens (tertiary/aromatic N) is 1. The Bertz CT molecular complexity index is 478. The van der Waals surface area contributed by atoms with Crippen LogP contribution >= 0.6 is 0 Å². The molecule has 1 aliphatic carbocycles. The first-order chi connectivity index (χ1) is 10.2. The monoisotopic (exact) mass is 291 g/mol. The van der Waals surface area contributed by atoms with Crippen molar-refractivity contribution in [2.24, 2.45) is 5.92 Å². The summed E-state index contributed by atoms with van der Waals surface area (Å²) in [7, 11) is 0. The van der Waals surface area contributed by atoms with Crippen molar-refractivity contribution in [1.29, 1.82) is 0 Å². The third-order valence-electron chi connectivity index (χ3n) is 3.65. The lowest BCUT2D eigenvalue weighted by Crippen LogP contribution is -2.18. The van der Waals surface area contributed by atoms with E-state index in [1.165, 1.54) is 38.3 Å². The molecule has 1 aromatic heterocycles. The highest BCUT2D eigenvalue weighted by molar-refractivity contribution is 6.40. The predicted octanol–water partition coefficient (Wildman–Crippen LogP) is 2.79. The Kier molecular flexibility index (Phi) is 5.72. The van der Waals surface area contributed by atoms with Crippen LogP contribution in [0.1, 0.15) is 49.4 Å². The lowest BCUT2D eigenvalue weighted by Gasteiger charge is -2.21. The summed E-state index contributed by atoms with van der Waals surface area (Å²) in [5.74, 6) is -0.444. The van der Waals surface area contributed by atoms with Gasteiger partial charge >= 0.3 is 5.97 Å². The van der Waals surface area contributed by atoms with Crippen molar-refractivity contribution in [1.82, 2.24) is 4.98 Å². The molecule has 1 aliphatic rings. The summed E-state index contributed by atoms with van der Waals surface area (Å²) in [6.07, 6.45) is 7.64. The number of aromatic nitrogens is 1. The third kappa shape index (κ3) is 4.55. The molecule has 1 fully saturated rings. The highest BCUT2D eigenvalue weighted by atomic mass is 16.5. The number of pyridine rings is 1. The minimum Gasteiger partial charge on any atom is -0.477 e. The summed E-state index contributed by atoms with van der Waals surface area (Å²) in [5, 5.41) is 0. The molecule has 0 N–H and O–H groups in total. The molecular formula is C16H21NO4. The quantitative estimate of drug-likeness (QED) is 0.458. The highest BCUT2D eigenvalue weighted by Crippen LogP contribution is 2.24. The number of Topliss-reactive ketones (excluding diaryl/α,β-unsaturated/α-hetero) is 1. The fourth-order valence-corrected chi connectivity index (χ4v) is 2.47.